The summed E-state index contributed by atoms with van der Waals surface area (Å²) in [5.74, 6) is -2.59. The third-order valence-electron chi connectivity index (χ3n) is 2.74. The zero-order valence-corrected chi connectivity index (χ0v) is 13.4. The molecule has 2 rings (SSSR count). The Labute approximate surface area is 140 Å². The highest BCUT2D eigenvalue weighted by atomic mass is 79.9. The van der Waals surface area contributed by atoms with E-state index >= 15 is 0 Å². The van der Waals surface area contributed by atoms with Gasteiger partial charge in [-0.05, 0) is 34.1 Å². The van der Waals surface area contributed by atoms with E-state index in [0.717, 1.165) is 18.3 Å². The van der Waals surface area contributed by atoms with Crippen molar-refractivity contribution < 1.29 is 22.4 Å². The number of nitrogens with two attached hydrogens (primary N) is 1. The maximum absolute atomic E-state index is 13.8. The molecule has 4 nitrogen and oxygen atoms in total. The van der Waals surface area contributed by atoms with Crippen molar-refractivity contribution in [2.45, 2.75) is 6.18 Å². The standard InChI is InChI=1S/C13H7BrClF4N3O/c14-8-3-10(16)6(2-9(8)15)12(23)22-5-1-7(13(17,18)19)11(20)21-4-5/h1-4H,(H2,20,21)(H,22,23). The van der Waals surface area contributed by atoms with Crippen molar-refractivity contribution in [1.82, 2.24) is 4.98 Å². The molecule has 1 amide bonds. The van der Waals surface area contributed by atoms with Crippen molar-refractivity contribution in [3.05, 3.63) is 50.8 Å². The van der Waals surface area contributed by atoms with Crippen molar-refractivity contribution in [2.75, 3.05) is 11.1 Å². The minimum Gasteiger partial charge on any atom is -0.383 e. The van der Waals surface area contributed by atoms with Gasteiger partial charge in [0, 0.05) is 4.47 Å². The number of anilines is 2. The number of aromatic nitrogens is 1. The summed E-state index contributed by atoms with van der Waals surface area (Å²) in [6.45, 7) is 0. The van der Waals surface area contributed by atoms with Crippen LogP contribution >= 0.6 is 27.5 Å². The van der Waals surface area contributed by atoms with Gasteiger partial charge in [0.1, 0.15) is 11.6 Å². The number of carbonyl (C=O) groups excluding carboxylic acids is 1. The molecule has 0 radical (unpaired) electrons. The first kappa shape index (κ1) is 17.5. The van der Waals surface area contributed by atoms with E-state index in [1.165, 1.54) is 0 Å². The zero-order valence-electron chi connectivity index (χ0n) is 11.0. The molecule has 1 heterocycles. The fourth-order valence-electron chi connectivity index (χ4n) is 1.67. The highest BCUT2D eigenvalue weighted by molar-refractivity contribution is 9.10. The second-order valence-electron chi connectivity index (χ2n) is 4.35. The van der Waals surface area contributed by atoms with Crippen LogP contribution in [0.15, 0.2) is 28.9 Å². The van der Waals surface area contributed by atoms with Crippen LogP contribution in [0.5, 0.6) is 0 Å². The smallest absolute Gasteiger partial charge is 0.383 e. The van der Waals surface area contributed by atoms with Gasteiger partial charge in [-0.3, -0.25) is 4.79 Å². The zero-order chi connectivity index (χ0) is 17.4. The second kappa shape index (κ2) is 6.32. The molecule has 122 valence electrons. The van der Waals surface area contributed by atoms with Gasteiger partial charge >= 0.3 is 6.18 Å². The van der Waals surface area contributed by atoms with E-state index < -0.39 is 34.8 Å². The summed E-state index contributed by atoms with van der Waals surface area (Å²) in [5, 5.41) is 2.19. The average Bonchev–Trinajstić information content (AvgIpc) is 2.43. The molecule has 0 aliphatic carbocycles. The van der Waals surface area contributed by atoms with Gasteiger partial charge in [-0.15, -0.1) is 0 Å². The number of nitrogen functional groups attached to an aromatic ring is 1. The lowest BCUT2D eigenvalue weighted by Crippen LogP contribution is -2.16. The predicted octanol–water partition coefficient (Wildman–Crippen LogP) is 4.49. The molecule has 3 N–H and O–H groups in total. The van der Waals surface area contributed by atoms with Crippen LogP contribution in [0.3, 0.4) is 0 Å². The van der Waals surface area contributed by atoms with E-state index in [-0.39, 0.29) is 15.2 Å². The van der Waals surface area contributed by atoms with Crippen LogP contribution in [-0.4, -0.2) is 10.9 Å². The molecule has 1 aromatic carbocycles. The largest absolute Gasteiger partial charge is 0.420 e. The fourth-order valence-corrected chi connectivity index (χ4v) is 2.14. The van der Waals surface area contributed by atoms with Crippen LogP contribution in [0.25, 0.3) is 0 Å². The molecule has 0 saturated heterocycles. The normalized spacial score (nSPS) is 11.4. The lowest BCUT2D eigenvalue weighted by molar-refractivity contribution is -0.137. The highest BCUT2D eigenvalue weighted by Gasteiger charge is 2.34. The van der Waals surface area contributed by atoms with Crippen LogP contribution in [0.4, 0.5) is 29.1 Å². The maximum Gasteiger partial charge on any atom is 0.420 e. The van der Waals surface area contributed by atoms with E-state index in [1.807, 2.05) is 0 Å². The molecule has 0 spiro atoms. The summed E-state index contributed by atoms with van der Waals surface area (Å²) in [5.41, 5.74) is 3.24. The number of nitrogens with one attached hydrogen (secondary N) is 1. The molecular weight excluding hydrogens is 406 g/mol. The Kier molecular flexibility index (Phi) is 4.81. The number of rotatable bonds is 2. The summed E-state index contributed by atoms with van der Waals surface area (Å²) in [4.78, 5) is 15.3. The predicted molar refractivity (Wildman–Crippen MR) is 80.7 cm³/mol. The van der Waals surface area contributed by atoms with Crippen molar-refractivity contribution >= 4 is 44.9 Å². The van der Waals surface area contributed by atoms with Gasteiger partial charge in [0.25, 0.3) is 5.91 Å². The number of amides is 1. The van der Waals surface area contributed by atoms with Crippen LogP contribution in [0.2, 0.25) is 5.02 Å². The van der Waals surface area contributed by atoms with Gasteiger partial charge in [0.05, 0.1) is 28.0 Å². The minimum atomic E-state index is -4.73. The third kappa shape index (κ3) is 3.91. The molecule has 1 aromatic heterocycles. The molecule has 0 saturated carbocycles. The van der Waals surface area contributed by atoms with Crippen LogP contribution in [-0.2, 0) is 6.18 Å². The molecule has 0 unspecified atom stereocenters. The minimum absolute atomic E-state index is 0.0722. The summed E-state index contributed by atoms with van der Waals surface area (Å²) in [7, 11) is 0. The number of pyridine rings is 1. The fraction of sp³-hybridized carbons (Fsp3) is 0.0769. The summed E-state index contributed by atoms with van der Waals surface area (Å²) < 4.78 is 52.2. The molecule has 0 aliphatic rings. The van der Waals surface area contributed by atoms with Gasteiger partial charge < -0.3 is 11.1 Å². The van der Waals surface area contributed by atoms with E-state index in [9.17, 15) is 22.4 Å². The third-order valence-corrected chi connectivity index (χ3v) is 3.93. The van der Waals surface area contributed by atoms with Gasteiger partial charge in [-0.25, -0.2) is 9.37 Å². The number of nitrogens with zero attached hydrogens (tertiary/aromatic N) is 1. The van der Waals surface area contributed by atoms with Crippen molar-refractivity contribution in [1.29, 1.82) is 0 Å². The van der Waals surface area contributed by atoms with Crippen molar-refractivity contribution in [3.8, 4) is 0 Å². The molecule has 2 aromatic rings. The van der Waals surface area contributed by atoms with Crippen molar-refractivity contribution in [2.24, 2.45) is 0 Å². The summed E-state index contributed by atoms with van der Waals surface area (Å²) in [6, 6.07) is 2.63. The Morgan fingerprint density at radius 3 is 2.57 bits per heavy atom. The first-order valence-corrected chi connectivity index (χ1v) is 7.05. The van der Waals surface area contributed by atoms with E-state index in [4.69, 9.17) is 17.3 Å². The van der Waals surface area contributed by atoms with Gasteiger partial charge in [-0.1, -0.05) is 11.6 Å². The molecular formula is C13H7BrClF4N3O. The molecule has 10 heteroatoms. The van der Waals surface area contributed by atoms with Crippen LogP contribution in [0, 0.1) is 5.82 Å². The number of hydrogen-bond donors (Lipinski definition) is 2. The van der Waals surface area contributed by atoms with Gasteiger partial charge in [0.15, 0.2) is 0 Å². The number of carbonyl (C=O) groups is 1. The topological polar surface area (TPSA) is 68.0 Å². The van der Waals surface area contributed by atoms with Gasteiger partial charge in [-0.2, -0.15) is 13.2 Å². The van der Waals surface area contributed by atoms with E-state index in [2.05, 4.69) is 26.2 Å². The second-order valence-corrected chi connectivity index (χ2v) is 5.62. The Balaban J connectivity index is 2.33. The first-order valence-electron chi connectivity index (χ1n) is 5.88. The van der Waals surface area contributed by atoms with Crippen LogP contribution < -0.4 is 11.1 Å². The molecule has 0 bridgehead atoms. The average molecular weight is 413 g/mol. The molecule has 0 fully saturated rings. The first-order chi connectivity index (χ1) is 10.6. The van der Waals surface area contributed by atoms with Crippen LogP contribution in [0.1, 0.15) is 15.9 Å². The van der Waals surface area contributed by atoms with Crippen molar-refractivity contribution in [3.63, 3.8) is 0 Å². The summed E-state index contributed by atoms with van der Waals surface area (Å²) >= 11 is 8.75. The lowest BCUT2D eigenvalue weighted by Gasteiger charge is -2.12. The molecule has 0 atom stereocenters. The maximum atomic E-state index is 13.8. The number of hydrogen-bond acceptors (Lipinski definition) is 3. The Morgan fingerprint density at radius 1 is 1.30 bits per heavy atom. The highest BCUT2D eigenvalue weighted by Crippen LogP contribution is 2.34. The van der Waals surface area contributed by atoms with E-state index in [0.29, 0.717) is 6.07 Å². The quantitative estimate of drug-likeness (QED) is 0.564. The van der Waals surface area contributed by atoms with E-state index in [1.54, 1.807) is 0 Å². The lowest BCUT2D eigenvalue weighted by atomic mass is 10.2. The SMILES string of the molecule is Nc1ncc(NC(=O)c2cc(Cl)c(Br)cc2F)cc1C(F)(F)F. The molecule has 0 aliphatic heterocycles. The van der Waals surface area contributed by atoms with Gasteiger partial charge in [0.2, 0.25) is 0 Å². The Hall–Kier alpha value is -1.87. The Morgan fingerprint density at radius 2 is 1.96 bits per heavy atom. The number of halogens is 6. The number of benzene rings is 1. The number of alkyl halides is 3. The summed E-state index contributed by atoms with van der Waals surface area (Å²) in [6.07, 6.45) is -3.80. The molecule has 23 heavy (non-hydrogen) atoms. The Bertz CT molecular complexity index is 783. The monoisotopic (exact) mass is 411 g/mol.